The van der Waals surface area contributed by atoms with E-state index in [0.717, 1.165) is 17.7 Å². The maximum absolute atomic E-state index is 11.6. The van der Waals surface area contributed by atoms with E-state index in [1.807, 2.05) is 19.1 Å². The number of hydrogen-bond donors (Lipinski definition) is 4. The van der Waals surface area contributed by atoms with Crippen molar-refractivity contribution in [2.45, 2.75) is 39.0 Å². The molecule has 0 aliphatic carbocycles. The highest BCUT2D eigenvalue weighted by molar-refractivity contribution is 5.82. The summed E-state index contributed by atoms with van der Waals surface area (Å²) in [5.41, 5.74) is 1.74. The summed E-state index contributed by atoms with van der Waals surface area (Å²) in [6.45, 7) is 3.48. The first-order valence-electron chi connectivity index (χ1n) is 6.33. The maximum Gasteiger partial charge on any atom is 0.328 e. The number of carboxylic acids is 1. The molecule has 110 valence electrons. The van der Waals surface area contributed by atoms with E-state index in [2.05, 4.69) is 15.6 Å². The monoisotopic (exact) mass is 281 g/mol. The van der Waals surface area contributed by atoms with Crippen LogP contribution >= 0.6 is 0 Å². The van der Waals surface area contributed by atoms with Crippen molar-refractivity contribution in [3.05, 3.63) is 29.6 Å². The van der Waals surface area contributed by atoms with Crippen molar-refractivity contribution in [2.24, 2.45) is 0 Å². The van der Waals surface area contributed by atoms with Gasteiger partial charge in [-0.1, -0.05) is 13.0 Å². The summed E-state index contributed by atoms with van der Waals surface area (Å²) in [4.78, 5) is 26.6. The van der Waals surface area contributed by atoms with Gasteiger partial charge >= 0.3 is 12.0 Å². The number of hydrogen-bond acceptors (Lipinski definition) is 4. The number of aliphatic hydroxyl groups excluding tert-OH is 1. The summed E-state index contributed by atoms with van der Waals surface area (Å²) < 4.78 is 0. The predicted octanol–water partition coefficient (Wildman–Crippen LogP) is 0.277. The second-order valence-electron chi connectivity index (χ2n) is 4.35. The number of carboxylic acid groups (broad SMARTS) is 1. The van der Waals surface area contributed by atoms with Crippen molar-refractivity contribution < 1.29 is 19.8 Å². The summed E-state index contributed by atoms with van der Waals surface area (Å²) >= 11 is 0. The third kappa shape index (κ3) is 4.51. The highest BCUT2D eigenvalue weighted by Crippen LogP contribution is 2.05. The van der Waals surface area contributed by atoms with E-state index < -0.39 is 24.1 Å². The van der Waals surface area contributed by atoms with E-state index in [0.29, 0.717) is 0 Å². The van der Waals surface area contributed by atoms with Crippen LogP contribution in [0.3, 0.4) is 0 Å². The Hall–Kier alpha value is -2.15. The van der Waals surface area contributed by atoms with Crippen molar-refractivity contribution in [1.82, 2.24) is 15.6 Å². The smallest absolute Gasteiger partial charge is 0.328 e. The number of aliphatic hydroxyl groups is 1. The lowest BCUT2D eigenvalue weighted by Crippen LogP contribution is -2.51. The number of nitrogens with zero attached hydrogens (tertiary/aromatic N) is 1. The Labute approximate surface area is 117 Å². The number of carbonyl (C=O) groups excluding carboxylic acids is 1. The summed E-state index contributed by atoms with van der Waals surface area (Å²) in [6.07, 6.45) is 1.24. The van der Waals surface area contributed by atoms with Gasteiger partial charge in [-0.25, -0.2) is 9.59 Å². The zero-order chi connectivity index (χ0) is 15.1. The minimum atomic E-state index is -1.34. The second-order valence-corrected chi connectivity index (χ2v) is 4.35. The van der Waals surface area contributed by atoms with E-state index in [4.69, 9.17) is 5.11 Å². The molecule has 1 aromatic rings. The van der Waals surface area contributed by atoms with Crippen LogP contribution in [0.1, 0.15) is 25.1 Å². The molecule has 0 saturated carbocycles. The van der Waals surface area contributed by atoms with E-state index in [9.17, 15) is 14.7 Å². The molecule has 2 amide bonds. The molecule has 1 rings (SSSR count). The first-order valence-corrected chi connectivity index (χ1v) is 6.33. The highest BCUT2D eigenvalue weighted by Gasteiger charge is 2.24. The summed E-state index contributed by atoms with van der Waals surface area (Å²) in [5.74, 6) is -1.29. The van der Waals surface area contributed by atoms with Gasteiger partial charge in [0.05, 0.1) is 18.3 Å². The number of amides is 2. The van der Waals surface area contributed by atoms with Crippen LogP contribution in [0.5, 0.6) is 0 Å². The van der Waals surface area contributed by atoms with Crippen molar-refractivity contribution in [1.29, 1.82) is 0 Å². The molecule has 0 unspecified atom stereocenters. The number of aliphatic carboxylic acids is 1. The lowest BCUT2D eigenvalue weighted by molar-refractivity contribution is -0.141. The molecule has 0 aliphatic rings. The van der Waals surface area contributed by atoms with Gasteiger partial charge in [0.2, 0.25) is 0 Å². The molecule has 7 nitrogen and oxygen atoms in total. The molecule has 20 heavy (non-hydrogen) atoms. The fourth-order valence-corrected chi connectivity index (χ4v) is 1.70. The van der Waals surface area contributed by atoms with Crippen molar-refractivity contribution in [3.63, 3.8) is 0 Å². The van der Waals surface area contributed by atoms with Crippen molar-refractivity contribution in [3.8, 4) is 0 Å². The number of urea groups is 1. The van der Waals surface area contributed by atoms with Crippen molar-refractivity contribution in [2.75, 3.05) is 0 Å². The molecule has 4 N–H and O–H groups in total. The lowest BCUT2D eigenvalue weighted by Gasteiger charge is -2.17. The Morgan fingerprint density at radius 1 is 1.45 bits per heavy atom. The number of carbonyl (C=O) groups is 2. The zero-order valence-electron chi connectivity index (χ0n) is 11.5. The van der Waals surface area contributed by atoms with Crippen molar-refractivity contribution >= 4 is 12.0 Å². The van der Waals surface area contributed by atoms with Crippen LogP contribution in [0.4, 0.5) is 4.79 Å². The molecule has 0 aliphatic heterocycles. The Kier molecular flexibility index (Phi) is 5.92. The lowest BCUT2D eigenvalue weighted by atomic mass is 10.1. The fraction of sp³-hybridized carbons (Fsp3) is 0.462. The highest BCUT2D eigenvalue weighted by atomic mass is 16.4. The quantitative estimate of drug-likeness (QED) is 0.598. The molecule has 0 fully saturated rings. The van der Waals surface area contributed by atoms with E-state index in [1.165, 1.54) is 6.92 Å². The van der Waals surface area contributed by atoms with Crippen LogP contribution in [-0.4, -0.2) is 39.3 Å². The van der Waals surface area contributed by atoms with Gasteiger partial charge in [0.1, 0.15) is 0 Å². The average molecular weight is 281 g/mol. The van der Waals surface area contributed by atoms with Crippen LogP contribution < -0.4 is 10.6 Å². The van der Waals surface area contributed by atoms with E-state index in [1.54, 1.807) is 6.20 Å². The Morgan fingerprint density at radius 2 is 2.15 bits per heavy atom. The van der Waals surface area contributed by atoms with Crippen LogP contribution in [0.25, 0.3) is 0 Å². The van der Waals surface area contributed by atoms with Gasteiger partial charge in [0, 0.05) is 6.20 Å². The summed E-state index contributed by atoms with van der Waals surface area (Å²) in [5, 5.41) is 22.8. The zero-order valence-corrected chi connectivity index (χ0v) is 11.5. The molecule has 0 saturated heterocycles. The van der Waals surface area contributed by atoms with Gasteiger partial charge in [0.25, 0.3) is 0 Å². The largest absolute Gasteiger partial charge is 0.480 e. The molecule has 0 spiro atoms. The Balaban J connectivity index is 2.57. The summed E-state index contributed by atoms with van der Waals surface area (Å²) in [7, 11) is 0. The number of nitrogens with one attached hydrogen (secondary N) is 2. The number of aryl methyl sites for hydroxylation is 1. The Morgan fingerprint density at radius 3 is 2.70 bits per heavy atom. The Bertz CT molecular complexity index is 476. The van der Waals surface area contributed by atoms with Crippen LogP contribution in [0.2, 0.25) is 0 Å². The predicted molar refractivity (Wildman–Crippen MR) is 72.1 cm³/mol. The second kappa shape index (κ2) is 7.44. The minimum absolute atomic E-state index is 0.196. The third-order valence-electron chi connectivity index (χ3n) is 2.82. The minimum Gasteiger partial charge on any atom is -0.480 e. The molecule has 0 bridgehead atoms. The normalized spacial score (nSPS) is 13.3. The fourth-order valence-electron chi connectivity index (χ4n) is 1.70. The number of rotatable bonds is 6. The number of pyridine rings is 1. The topological polar surface area (TPSA) is 112 Å². The van der Waals surface area contributed by atoms with Gasteiger partial charge in [0.15, 0.2) is 6.04 Å². The van der Waals surface area contributed by atoms with E-state index >= 15 is 0 Å². The molecule has 2 atom stereocenters. The van der Waals surface area contributed by atoms with Gasteiger partial charge in [-0.3, -0.25) is 4.98 Å². The first kappa shape index (κ1) is 15.9. The molecule has 1 heterocycles. The van der Waals surface area contributed by atoms with Gasteiger partial charge in [-0.05, 0) is 25.0 Å². The van der Waals surface area contributed by atoms with Crippen LogP contribution in [0, 0.1) is 0 Å². The molecule has 1 aromatic heterocycles. The van der Waals surface area contributed by atoms with Crippen LogP contribution in [-0.2, 0) is 17.8 Å². The van der Waals surface area contributed by atoms with E-state index in [-0.39, 0.29) is 6.54 Å². The molecule has 0 radical (unpaired) electrons. The van der Waals surface area contributed by atoms with Crippen LogP contribution in [0.15, 0.2) is 18.3 Å². The van der Waals surface area contributed by atoms with Gasteiger partial charge in [-0.2, -0.15) is 0 Å². The molecule has 7 heteroatoms. The third-order valence-corrected chi connectivity index (χ3v) is 2.82. The maximum atomic E-state index is 11.6. The SMILES string of the molecule is CCc1cccnc1CNC(=O)N[C@H](C(=O)O)[C@@H](C)O. The first-order chi connectivity index (χ1) is 9.45. The molecular weight excluding hydrogens is 262 g/mol. The van der Waals surface area contributed by atoms with Gasteiger partial charge < -0.3 is 20.8 Å². The van der Waals surface area contributed by atoms with Gasteiger partial charge in [-0.15, -0.1) is 0 Å². The summed E-state index contributed by atoms with van der Waals surface area (Å²) in [6, 6.07) is 1.73. The number of aromatic nitrogens is 1. The standard InChI is InChI=1S/C13H19N3O4/c1-3-9-5-4-6-14-10(9)7-15-13(20)16-11(8(2)17)12(18)19/h4-6,8,11,17H,3,7H2,1-2H3,(H,18,19)(H2,15,16,20)/t8-,11+/m1/s1. The molecule has 0 aromatic carbocycles. The molecular formula is C13H19N3O4. The average Bonchev–Trinajstić information content (AvgIpc) is 2.42.